The molecule has 0 aromatic carbocycles. The van der Waals surface area contributed by atoms with Crippen molar-refractivity contribution in [3.63, 3.8) is 0 Å². The van der Waals surface area contributed by atoms with Crippen LogP contribution in [-0.2, 0) is 13.0 Å². The molecule has 102 valence electrons. The summed E-state index contributed by atoms with van der Waals surface area (Å²) >= 11 is 5.14. The zero-order valence-corrected chi connectivity index (χ0v) is 13.0. The van der Waals surface area contributed by atoms with Crippen LogP contribution in [0, 0.1) is 0 Å². The summed E-state index contributed by atoms with van der Waals surface area (Å²) in [6, 6.07) is 3.90. The van der Waals surface area contributed by atoms with E-state index in [1.54, 1.807) is 11.3 Å². The molecule has 7 heteroatoms. The summed E-state index contributed by atoms with van der Waals surface area (Å²) in [5, 5.41) is 5.35. The minimum Gasteiger partial charge on any atom is -0.365 e. The molecule has 0 aliphatic heterocycles. The molecule has 19 heavy (non-hydrogen) atoms. The van der Waals surface area contributed by atoms with Crippen molar-refractivity contribution in [2.24, 2.45) is 5.84 Å². The van der Waals surface area contributed by atoms with Gasteiger partial charge in [-0.3, -0.25) is 0 Å². The maximum absolute atomic E-state index is 5.42. The van der Waals surface area contributed by atoms with Crippen molar-refractivity contribution < 1.29 is 0 Å². The lowest BCUT2D eigenvalue weighted by molar-refractivity contribution is 0.834. The third-order valence-electron chi connectivity index (χ3n) is 2.46. The Morgan fingerprint density at radius 2 is 2.11 bits per heavy atom. The van der Waals surface area contributed by atoms with Crippen molar-refractivity contribution in [2.45, 2.75) is 26.3 Å². The van der Waals surface area contributed by atoms with Gasteiger partial charge in [0.05, 0.1) is 6.54 Å². The number of hydrazine groups is 1. The van der Waals surface area contributed by atoms with E-state index in [9.17, 15) is 0 Å². The van der Waals surface area contributed by atoms with E-state index in [2.05, 4.69) is 55.0 Å². The number of nitrogens with zero attached hydrogens (tertiary/aromatic N) is 2. The first-order chi connectivity index (χ1) is 9.21. The first-order valence-electron chi connectivity index (χ1n) is 6.02. The highest BCUT2D eigenvalue weighted by Crippen LogP contribution is 2.21. The SMILES string of the molecule is CCCc1nc(NN)cc(NCc2cc(Br)cs2)n1. The Bertz CT molecular complexity index is 543. The monoisotopic (exact) mass is 341 g/mol. The zero-order valence-electron chi connectivity index (χ0n) is 10.6. The quantitative estimate of drug-likeness (QED) is 0.555. The minimum atomic E-state index is 0.633. The Labute approximate surface area is 124 Å². The Morgan fingerprint density at radius 1 is 1.32 bits per heavy atom. The molecular formula is C12H16BrN5S. The largest absolute Gasteiger partial charge is 0.365 e. The molecule has 0 aliphatic carbocycles. The van der Waals surface area contributed by atoms with E-state index in [-0.39, 0.29) is 0 Å². The van der Waals surface area contributed by atoms with Gasteiger partial charge in [-0.15, -0.1) is 11.3 Å². The molecular weight excluding hydrogens is 326 g/mol. The van der Waals surface area contributed by atoms with E-state index < -0.39 is 0 Å². The summed E-state index contributed by atoms with van der Waals surface area (Å²) in [7, 11) is 0. The van der Waals surface area contributed by atoms with Crippen LogP contribution in [0.3, 0.4) is 0 Å². The molecule has 4 N–H and O–H groups in total. The Morgan fingerprint density at radius 3 is 2.74 bits per heavy atom. The Balaban J connectivity index is 2.08. The van der Waals surface area contributed by atoms with Gasteiger partial charge in [0.1, 0.15) is 17.5 Å². The minimum absolute atomic E-state index is 0.633. The molecule has 0 unspecified atom stereocenters. The molecule has 0 aliphatic rings. The van der Waals surface area contributed by atoms with Crippen LogP contribution >= 0.6 is 27.3 Å². The molecule has 2 aromatic rings. The fraction of sp³-hybridized carbons (Fsp3) is 0.333. The van der Waals surface area contributed by atoms with Gasteiger partial charge in [0.25, 0.3) is 0 Å². The second-order valence-corrected chi connectivity index (χ2v) is 5.95. The number of nitrogens with one attached hydrogen (secondary N) is 2. The highest BCUT2D eigenvalue weighted by atomic mass is 79.9. The summed E-state index contributed by atoms with van der Waals surface area (Å²) in [5.74, 6) is 7.64. The van der Waals surface area contributed by atoms with Gasteiger partial charge in [0, 0.05) is 27.2 Å². The van der Waals surface area contributed by atoms with Crippen molar-refractivity contribution in [3.8, 4) is 0 Å². The molecule has 5 nitrogen and oxygen atoms in total. The van der Waals surface area contributed by atoms with Gasteiger partial charge < -0.3 is 10.7 Å². The molecule has 0 fully saturated rings. The van der Waals surface area contributed by atoms with Crippen LogP contribution in [0.1, 0.15) is 24.0 Å². The van der Waals surface area contributed by atoms with Crippen LogP contribution < -0.4 is 16.6 Å². The van der Waals surface area contributed by atoms with E-state index in [1.165, 1.54) is 4.88 Å². The summed E-state index contributed by atoms with van der Waals surface area (Å²) in [4.78, 5) is 10.0. The third kappa shape index (κ3) is 4.15. The fourth-order valence-electron chi connectivity index (χ4n) is 1.62. The van der Waals surface area contributed by atoms with E-state index in [0.717, 1.165) is 35.5 Å². The van der Waals surface area contributed by atoms with Gasteiger partial charge in [0.15, 0.2) is 0 Å². The second kappa shape index (κ2) is 6.83. The first-order valence-corrected chi connectivity index (χ1v) is 7.70. The number of aromatic nitrogens is 2. The highest BCUT2D eigenvalue weighted by molar-refractivity contribution is 9.10. The van der Waals surface area contributed by atoms with E-state index >= 15 is 0 Å². The van der Waals surface area contributed by atoms with Crippen LogP contribution in [0.4, 0.5) is 11.6 Å². The highest BCUT2D eigenvalue weighted by Gasteiger charge is 2.04. The number of nitrogen functional groups attached to an aromatic ring is 1. The van der Waals surface area contributed by atoms with E-state index in [1.807, 2.05) is 6.07 Å². The van der Waals surface area contributed by atoms with Crippen LogP contribution in [0.5, 0.6) is 0 Å². The maximum Gasteiger partial charge on any atom is 0.145 e. The summed E-state index contributed by atoms with van der Waals surface area (Å²) in [5.41, 5.74) is 2.57. The molecule has 2 rings (SSSR count). The number of aryl methyl sites for hydroxylation is 1. The average Bonchev–Trinajstić information content (AvgIpc) is 2.82. The standard InChI is InChI=1S/C12H16BrN5S/c1-2-3-10-16-11(5-12(17-10)18-14)15-6-9-4-8(13)7-19-9/h4-5,7H,2-3,6,14H2,1H3,(H2,15,16,17,18). The topological polar surface area (TPSA) is 75.9 Å². The van der Waals surface area contributed by atoms with E-state index in [0.29, 0.717) is 5.82 Å². The van der Waals surface area contributed by atoms with Crippen molar-refractivity contribution in [1.29, 1.82) is 0 Å². The van der Waals surface area contributed by atoms with Gasteiger partial charge in [-0.05, 0) is 28.4 Å². The molecule has 0 saturated heterocycles. The lowest BCUT2D eigenvalue weighted by Crippen LogP contribution is -2.12. The summed E-state index contributed by atoms with van der Waals surface area (Å²) < 4.78 is 1.10. The second-order valence-electron chi connectivity index (χ2n) is 4.03. The van der Waals surface area contributed by atoms with Crippen LogP contribution in [0.25, 0.3) is 0 Å². The molecule has 0 bridgehead atoms. The first kappa shape index (κ1) is 14.2. The number of hydrogen-bond acceptors (Lipinski definition) is 6. The predicted octanol–water partition coefficient (Wildman–Crippen LogP) is 3.15. The number of nitrogens with two attached hydrogens (primary N) is 1. The molecule has 0 saturated carbocycles. The normalized spacial score (nSPS) is 10.5. The van der Waals surface area contributed by atoms with Crippen molar-refractivity contribution in [2.75, 3.05) is 10.7 Å². The van der Waals surface area contributed by atoms with Crippen LogP contribution in [0.2, 0.25) is 0 Å². The molecule has 2 aromatic heterocycles. The molecule has 0 amide bonds. The lowest BCUT2D eigenvalue weighted by Gasteiger charge is -2.08. The fourth-order valence-corrected chi connectivity index (χ4v) is 3.01. The molecule has 0 spiro atoms. The number of halogens is 1. The summed E-state index contributed by atoms with van der Waals surface area (Å²) in [6.07, 6.45) is 1.85. The maximum atomic E-state index is 5.42. The number of rotatable bonds is 6. The lowest BCUT2D eigenvalue weighted by atomic mass is 10.3. The van der Waals surface area contributed by atoms with Gasteiger partial charge >= 0.3 is 0 Å². The van der Waals surface area contributed by atoms with Crippen molar-refractivity contribution >= 4 is 38.9 Å². The molecule has 2 heterocycles. The number of hydrogen-bond donors (Lipinski definition) is 3. The molecule has 0 radical (unpaired) electrons. The van der Waals surface area contributed by atoms with Crippen LogP contribution in [0.15, 0.2) is 22.0 Å². The van der Waals surface area contributed by atoms with E-state index in [4.69, 9.17) is 5.84 Å². The number of anilines is 2. The molecule has 0 atom stereocenters. The van der Waals surface area contributed by atoms with Crippen LogP contribution in [-0.4, -0.2) is 9.97 Å². The van der Waals surface area contributed by atoms with Gasteiger partial charge in [-0.1, -0.05) is 6.92 Å². The Hall–Kier alpha value is -1.18. The smallest absolute Gasteiger partial charge is 0.145 e. The average molecular weight is 342 g/mol. The zero-order chi connectivity index (χ0) is 13.7. The number of thiophene rings is 1. The van der Waals surface area contributed by atoms with Crippen molar-refractivity contribution in [1.82, 2.24) is 9.97 Å². The Kier molecular flexibility index (Phi) is 5.12. The van der Waals surface area contributed by atoms with Gasteiger partial charge in [-0.25, -0.2) is 15.8 Å². The van der Waals surface area contributed by atoms with Gasteiger partial charge in [-0.2, -0.15) is 0 Å². The predicted molar refractivity (Wildman–Crippen MR) is 83.2 cm³/mol. The van der Waals surface area contributed by atoms with Gasteiger partial charge in [0.2, 0.25) is 0 Å². The third-order valence-corrected chi connectivity index (χ3v) is 4.16. The van der Waals surface area contributed by atoms with Crippen molar-refractivity contribution in [3.05, 3.63) is 32.7 Å². The summed E-state index contributed by atoms with van der Waals surface area (Å²) in [6.45, 7) is 2.84.